The van der Waals surface area contributed by atoms with Gasteiger partial charge in [0.15, 0.2) is 0 Å². The SMILES string of the molecule is CNC(Cc1ccncc1)c1ccccc1SC. The van der Waals surface area contributed by atoms with Crippen molar-refractivity contribution in [1.29, 1.82) is 0 Å². The van der Waals surface area contributed by atoms with Crippen LogP contribution in [-0.2, 0) is 6.42 Å². The van der Waals surface area contributed by atoms with Crippen LogP contribution < -0.4 is 5.32 Å². The third-order valence-electron chi connectivity index (χ3n) is 3.05. The van der Waals surface area contributed by atoms with Gasteiger partial charge in [0, 0.05) is 23.3 Å². The molecular weight excluding hydrogens is 240 g/mol. The summed E-state index contributed by atoms with van der Waals surface area (Å²) in [6, 6.07) is 13.1. The molecule has 1 aromatic carbocycles. The fourth-order valence-electron chi connectivity index (χ4n) is 2.08. The summed E-state index contributed by atoms with van der Waals surface area (Å²) < 4.78 is 0. The maximum absolute atomic E-state index is 4.06. The van der Waals surface area contributed by atoms with Crippen LogP contribution in [0.4, 0.5) is 0 Å². The van der Waals surface area contributed by atoms with Gasteiger partial charge in [-0.05, 0) is 49.1 Å². The minimum absolute atomic E-state index is 0.344. The van der Waals surface area contributed by atoms with E-state index in [1.54, 1.807) is 11.8 Å². The molecule has 2 rings (SSSR count). The Kier molecular flexibility index (Phi) is 4.79. The first-order valence-electron chi connectivity index (χ1n) is 6.04. The quantitative estimate of drug-likeness (QED) is 0.833. The lowest BCUT2D eigenvalue weighted by atomic mass is 10.00. The van der Waals surface area contributed by atoms with Crippen LogP contribution in [0.1, 0.15) is 17.2 Å². The summed E-state index contributed by atoms with van der Waals surface area (Å²) in [5.74, 6) is 0. The van der Waals surface area contributed by atoms with Crippen LogP contribution in [-0.4, -0.2) is 18.3 Å². The molecule has 18 heavy (non-hydrogen) atoms. The first-order valence-corrected chi connectivity index (χ1v) is 7.26. The zero-order valence-corrected chi connectivity index (χ0v) is 11.6. The van der Waals surface area contributed by atoms with E-state index < -0.39 is 0 Å². The molecule has 0 fully saturated rings. The first kappa shape index (κ1) is 13.1. The van der Waals surface area contributed by atoms with Crippen molar-refractivity contribution >= 4 is 11.8 Å². The topological polar surface area (TPSA) is 24.9 Å². The van der Waals surface area contributed by atoms with Crippen molar-refractivity contribution in [1.82, 2.24) is 10.3 Å². The second-order valence-corrected chi connectivity index (χ2v) is 4.99. The van der Waals surface area contributed by atoms with E-state index in [0.29, 0.717) is 6.04 Å². The Hall–Kier alpha value is -1.32. The number of rotatable bonds is 5. The maximum Gasteiger partial charge on any atom is 0.0369 e. The highest BCUT2D eigenvalue weighted by Gasteiger charge is 2.13. The molecule has 0 radical (unpaired) electrons. The van der Waals surface area contributed by atoms with E-state index in [2.05, 4.69) is 53.0 Å². The van der Waals surface area contributed by atoms with Gasteiger partial charge in [-0.1, -0.05) is 18.2 Å². The van der Waals surface area contributed by atoms with E-state index in [9.17, 15) is 0 Å². The average Bonchev–Trinajstić information content (AvgIpc) is 2.46. The summed E-state index contributed by atoms with van der Waals surface area (Å²) in [5.41, 5.74) is 2.67. The Bertz CT molecular complexity index is 485. The molecule has 1 aromatic heterocycles. The molecule has 0 amide bonds. The standard InChI is InChI=1S/C15H18N2S/c1-16-14(11-12-7-9-17-10-8-12)13-5-3-4-6-15(13)18-2/h3-10,14,16H,11H2,1-2H3. The van der Waals surface area contributed by atoms with Crippen LogP contribution in [0.25, 0.3) is 0 Å². The van der Waals surface area contributed by atoms with Gasteiger partial charge in [0.2, 0.25) is 0 Å². The van der Waals surface area contributed by atoms with Gasteiger partial charge in [0.25, 0.3) is 0 Å². The molecule has 0 bridgehead atoms. The molecule has 2 nitrogen and oxygen atoms in total. The molecule has 1 unspecified atom stereocenters. The molecular formula is C15H18N2S. The van der Waals surface area contributed by atoms with Crippen LogP contribution in [0, 0.1) is 0 Å². The first-order chi connectivity index (χ1) is 8.85. The molecule has 0 aliphatic rings. The molecule has 0 saturated carbocycles. The Morgan fingerprint density at radius 3 is 2.56 bits per heavy atom. The van der Waals surface area contributed by atoms with Crippen molar-refractivity contribution in [2.24, 2.45) is 0 Å². The molecule has 1 atom stereocenters. The zero-order valence-electron chi connectivity index (χ0n) is 10.8. The number of benzene rings is 1. The molecule has 0 aliphatic carbocycles. The normalized spacial score (nSPS) is 12.3. The summed E-state index contributed by atoms with van der Waals surface area (Å²) in [6.45, 7) is 0. The molecule has 3 heteroatoms. The van der Waals surface area contributed by atoms with Gasteiger partial charge in [-0.3, -0.25) is 4.98 Å². The Labute approximate surface area is 113 Å². The highest BCUT2D eigenvalue weighted by atomic mass is 32.2. The predicted octanol–water partition coefficient (Wildman–Crippen LogP) is 3.31. The third kappa shape index (κ3) is 3.12. The summed E-state index contributed by atoms with van der Waals surface area (Å²) in [6.07, 6.45) is 6.81. The molecule has 0 spiro atoms. The summed E-state index contributed by atoms with van der Waals surface area (Å²) in [4.78, 5) is 5.40. The number of thioether (sulfide) groups is 1. The lowest BCUT2D eigenvalue weighted by Gasteiger charge is -2.19. The van der Waals surface area contributed by atoms with Gasteiger partial charge in [0.1, 0.15) is 0 Å². The molecule has 1 N–H and O–H groups in total. The fraction of sp³-hybridized carbons (Fsp3) is 0.267. The smallest absolute Gasteiger partial charge is 0.0369 e. The van der Waals surface area contributed by atoms with Crippen LogP contribution >= 0.6 is 11.8 Å². The highest BCUT2D eigenvalue weighted by molar-refractivity contribution is 7.98. The van der Waals surface area contributed by atoms with E-state index in [0.717, 1.165) is 6.42 Å². The van der Waals surface area contributed by atoms with E-state index in [1.807, 2.05) is 19.4 Å². The van der Waals surface area contributed by atoms with E-state index in [-0.39, 0.29) is 0 Å². The number of hydrogen-bond acceptors (Lipinski definition) is 3. The minimum atomic E-state index is 0.344. The van der Waals surface area contributed by atoms with Gasteiger partial charge in [-0.25, -0.2) is 0 Å². The lowest BCUT2D eigenvalue weighted by Crippen LogP contribution is -2.19. The Morgan fingerprint density at radius 2 is 1.89 bits per heavy atom. The summed E-state index contributed by atoms with van der Waals surface area (Å²) in [5, 5.41) is 3.41. The third-order valence-corrected chi connectivity index (χ3v) is 3.86. The van der Waals surface area contributed by atoms with Gasteiger partial charge in [0.05, 0.1) is 0 Å². The van der Waals surface area contributed by atoms with Gasteiger partial charge in [-0.2, -0.15) is 0 Å². The number of aromatic nitrogens is 1. The second-order valence-electron chi connectivity index (χ2n) is 4.14. The molecule has 94 valence electrons. The maximum atomic E-state index is 4.06. The number of nitrogens with zero attached hydrogens (tertiary/aromatic N) is 1. The van der Waals surface area contributed by atoms with Crippen molar-refractivity contribution < 1.29 is 0 Å². The average molecular weight is 258 g/mol. The van der Waals surface area contributed by atoms with Crippen LogP contribution in [0.15, 0.2) is 53.7 Å². The highest BCUT2D eigenvalue weighted by Crippen LogP contribution is 2.27. The zero-order chi connectivity index (χ0) is 12.8. The number of likely N-dealkylation sites (N-methyl/N-ethyl adjacent to an activating group) is 1. The van der Waals surface area contributed by atoms with Gasteiger partial charge in [-0.15, -0.1) is 11.8 Å². The van der Waals surface area contributed by atoms with Crippen molar-refractivity contribution in [3.63, 3.8) is 0 Å². The van der Waals surface area contributed by atoms with E-state index >= 15 is 0 Å². The molecule has 0 saturated heterocycles. The van der Waals surface area contributed by atoms with Gasteiger partial charge < -0.3 is 5.32 Å². The second kappa shape index (κ2) is 6.57. The van der Waals surface area contributed by atoms with Crippen molar-refractivity contribution in [2.45, 2.75) is 17.4 Å². The van der Waals surface area contributed by atoms with Crippen molar-refractivity contribution in [2.75, 3.05) is 13.3 Å². The summed E-state index contributed by atoms with van der Waals surface area (Å²) in [7, 11) is 2.02. The van der Waals surface area contributed by atoms with Crippen LogP contribution in [0.3, 0.4) is 0 Å². The monoisotopic (exact) mass is 258 g/mol. The number of pyridine rings is 1. The number of hydrogen-bond donors (Lipinski definition) is 1. The van der Waals surface area contributed by atoms with Crippen LogP contribution in [0.5, 0.6) is 0 Å². The van der Waals surface area contributed by atoms with Crippen molar-refractivity contribution in [3.05, 3.63) is 59.9 Å². The molecule has 2 aromatic rings. The largest absolute Gasteiger partial charge is 0.313 e. The van der Waals surface area contributed by atoms with E-state index in [1.165, 1.54) is 16.0 Å². The molecule has 1 heterocycles. The predicted molar refractivity (Wildman–Crippen MR) is 78.0 cm³/mol. The number of nitrogens with one attached hydrogen (secondary N) is 1. The lowest BCUT2D eigenvalue weighted by molar-refractivity contribution is 0.582. The summed E-state index contributed by atoms with van der Waals surface area (Å²) >= 11 is 1.80. The fourth-order valence-corrected chi connectivity index (χ4v) is 2.74. The Balaban J connectivity index is 2.23. The van der Waals surface area contributed by atoms with Gasteiger partial charge >= 0.3 is 0 Å². The van der Waals surface area contributed by atoms with Crippen LogP contribution in [0.2, 0.25) is 0 Å². The molecule has 0 aliphatic heterocycles. The van der Waals surface area contributed by atoms with Crippen molar-refractivity contribution in [3.8, 4) is 0 Å². The van der Waals surface area contributed by atoms with E-state index in [4.69, 9.17) is 0 Å². The minimum Gasteiger partial charge on any atom is -0.313 e. The Morgan fingerprint density at radius 1 is 1.17 bits per heavy atom.